The summed E-state index contributed by atoms with van der Waals surface area (Å²) in [5.41, 5.74) is 0. The van der Waals surface area contributed by atoms with Crippen LogP contribution in [0.3, 0.4) is 0 Å². The van der Waals surface area contributed by atoms with E-state index in [4.69, 9.17) is 10.2 Å². The van der Waals surface area contributed by atoms with Gasteiger partial charge in [0.2, 0.25) is 0 Å². The number of carbonyl (C=O) groups is 2. The smallest absolute Gasteiger partial charge is 0.328 e. The largest absolute Gasteiger partial charge is 0.480 e. The number of aromatic nitrogens is 3. The number of anilines is 1. The van der Waals surface area contributed by atoms with Crippen LogP contribution in [0, 0.1) is 0 Å². The van der Waals surface area contributed by atoms with Crippen LogP contribution in [-0.4, -0.2) is 49.5 Å². The Bertz CT molecular complexity index is 396. The van der Waals surface area contributed by atoms with E-state index in [0.29, 0.717) is 0 Å². The van der Waals surface area contributed by atoms with Crippen LogP contribution >= 0.6 is 0 Å². The minimum Gasteiger partial charge on any atom is -0.480 e. The first-order valence-corrected chi connectivity index (χ1v) is 4.63. The normalized spacial score (nSPS) is 13.5. The second-order valence-corrected chi connectivity index (χ2v) is 3.12. The lowest BCUT2D eigenvalue weighted by atomic mass is 10.2. The zero-order valence-electron chi connectivity index (χ0n) is 8.86. The lowest BCUT2D eigenvalue weighted by Gasteiger charge is -2.16. The summed E-state index contributed by atoms with van der Waals surface area (Å²) in [5.74, 6) is -1.41. The van der Waals surface area contributed by atoms with Crippen molar-refractivity contribution >= 4 is 17.9 Å². The van der Waals surface area contributed by atoms with E-state index < -0.39 is 24.1 Å². The van der Waals surface area contributed by atoms with E-state index in [9.17, 15) is 9.59 Å². The molecule has 0 bridgehead atoms. The number of nitrogens with zero attached hydrogens (tertiary/aromatic N) is 3. The van der Waals surface area contributed by atoms with Crippen molar-refractivity contribution < 1.29 is 19.8 Å². The fraction of sp³-hybridized carbons (Fsp3) is 0.375. The molecule has 92 valence electrons. The maximum absolute atomic E-state index is 11.3. The third-order valence-electron chi connectivity index (χ3n) is 1.74. The van der Waals surface area contributed by atoms with E-state index in [-0.39, 0.29) is 5.95 Å². The van der Waals surface area contributed by atoms with Crippen molar-refractivity contribution in [1.82, 2.24) is 20.5 Å². The standard InChI is InChI=1S/C8H11N5O4/c1-4(14)5(6(15)16)11-8(17)12-7-9-2-3-10-13-7/h2-5,14H,1H3,(H,15,16)(H2,9,11,12,13,17)/t4-,5+/m1/s1. The van der Waals surface area contributed by atoms with Crippen LogP contribution in [0.25, 0.3) is 0 Å². The quantitative estimate of drug-likeness (QED) is 0.521. The molecule has 0 saturated heterocycles. The first kappa shape index (κ1) is 12.8. The molecule has 2 atom stereocenters. The molecule has 9 nitrogen and oxygen atoms in total. The molecule has 1 heterocycles. The van der Waals surface area contributed by atoms with Crippen molar-refractivity contribution in [2.45, 2.75) is 19.1 Å². The van der Waals surface area contributed by atoms with Crippen LogP contribution in [0.15, 0.2) is 12.4 Å². The van der Waals surface area contributed by atoms with Gasteiger partial charge in [0.25, 0.3) is 5.95 Å². The van der Waals surface area contributed by atoms with E-state index in [1.807, 2.05) is 0 Å². The molecule has 0 aliphatic rings. The number of urea groups is 1. The fourth-order valence-electron chi connectivity index (χ4n) is 0.972. The summed E-state index contributed by atoms with van der Waals surface area (Å²) in [7, 11) is 0. The molecule has 9 heteroatoms. The Kier molecular flexibility index (Phi) is 4.29. The van der Waals surface area contributed by atoms with Crippen molar-refractivity contribution in [3.05, 3.63) is 12.4 Å². The van der Waals surface area contributed by atoms with Crippen molar-refractivity contribution in [2.24, 2.45) is 0 Å². The highest BCUT2D eigenvalue weighted by molar-refractivity contribution is 5.90. The Morgan fingerprint density at radius 1 is 1.41 bits per heavy atom. The summed E-state index contributed by atoms with van der Waals surface area (Å²) in [6, 6.07) is -2.25. The second kappa shape index (κ2) is 5.70. The summed E-state index contributed by atoms with van der Waals surface area (Å²) in [6.07, 6.45) is 1.40. The summed E-state index contributed by atoms with van der Waals surface area (Å²) in [4.78, 5) is 25.7. The third-order valence-corrected chi connectivity index (χ3v) is 1.74. The minimum atomic E-state index is -1.41. The van der Waals surface area contributed by atoms with Crippen LogP contribution in [0.5, 0.6) is 0 Å². The van der Waals surface area contributed by atoms with E-state index in [0.717, 1.165) is 0 Å². The van der Waals surface area contributed by atoms with E-state index >= 15 is 0 Å². The lowest BCUT2D eigenvalue weighted by molar-refractivity contribution is -0.141. The van der Waals surface area contributed by atoms with Crippen LogP contribution in [0.2, 0.25) is 0 Å². The van der Waals surface area contributed by atoms with Crippen LogP contribution in [0.4, 0.5) is 10.7 Å². The molecule has 0 aliphatic carbocycles. The van der Waals surface area contributed by atoms with E-state index in [1.54, 1.807) is 0 Å². The summed E-state index contributed by atoms with van der Waals surface area (Å²) >= 11 is 0. The van der Waals surface area contributed by atoms with Crippen molar-refractivity contribution in [3.63, 3.8) is 0 Å². The number of amides is 2. The molecule has 1 aromatic rings. The molecule has 0 fully saturated rings. The predicted molar refractivity (Wildman–Crippen MR) is 55.1 cm³/mol. The molecule has 0 aliphatic heterocycles. The minimum absolute atomic E-state index is 0.0697. The number of hydrogen-bond acceptors (Lipinski definition) is 6. The number of aliphatic hydroxyl groups excluding tert-OH is 1. The molecule has 0 saturated carbocycles. The van der Waals surface area contributed by atoms with Gasteiger partial charge in [0.15, 0.2) is 6.04 Å². The van der Waals surface area contributed by atoms with Gasteiger partial charge in [-0.25, -0.2) is 14.6 Å². The highest BCUT2D eigenvalue weighted by Gasteiger charge is 2.25. The Balaban J connectivity index is 2.57. The van der Waals surface area contributed by atoms with Gasteiger partial charge in [-0.1, -0.05) is 0 Å². The number of nitrogens with one attached hydrogen (secondary N) is 2. The SMILES string of the molecule is C[C@@H](O)[C@H](NC(=O)Nc1nccnn1)C(=O)O. The van der Waals surface area contributed by atoms with Crippen molar-refractivity contribution in [1.29, 1.82) is 0 Å². The van der Waals surface area contributed by atoms with Gasteiger partial charge >= 0.3 is 12.0 Å². The number of hydrogen-bond donors (Lipinski definition) is 4. The van der Waals surface area contributed by atoms with Gasteiger partial charge in [0.05, 0.1) is 18.5 Å². The van der Waals surface area contributed by atoms with Crippen LogP contribution in [0.1, 0.15) is 6.92 Å². The molecule has 17 heavy (non-hydrogen) atoms. The Hall–Kier alpha value is -2.29. The summed E-state index contributed by atoms with van der Waals surface area (Å²) in [6.45, 7) is 1.25. The van der Waals surface area contributed by atoms with Crippen LogP contribution in [-0.2, 0) is 4.79 Å². The van der Waals surface area contributed by atoms with Gasteiger partial charge in [-0.2, -0.15) is 5.10 Å². The van der Waals surface area contributed by atoms with Gasteiger partial charge in [-0.3, -0.25) is 5.32 Å². The summed E-state index contributed by atoms with van der Waals surface area (Å²) < 4.78 is 0. The van der Waals surface area contributed by atoms with Gasteiger partial charge < -0.3 is 15.5 Å². The number of aliphatic carboxylic acids is 1. The van der Waals surface area contributed by atoms with Gasteiger partial charge in [-0.15, -0.1) is 5.10 Å². The molecule has 2 amide bonds. The lowest BCUT2D eigenvalue weighted by Crippen LogP contribution is -2.49. The van der Waals surface area contributed by atoms with Crippen LogP contribution < -0.4 is 10.6 Å². The second-order valence-electron chi connectivity index (χ2n) is 3.12. The highest BCUT2D eigenvalue weighted by Crippen LogP contribution is 1.96. The Labute approximate surface area is 95.9 Å². The zero-order valence-corrected chi connectivity index (χ0v) is 8.86. The topological polar surface area (TPSA) is 137 Å². The van der Waals surface area contributed by atoms with Gasteiger partial charge in [0.1, 0.15) is 0 Å². The van der Waals surface area contributed by atoms with Crippen molar-refractivity contribution in [3.8, 4) is 0 Å². The summed E-state index contributed by atoms with van der Waals surface area (Å²) in [5, 5.41) is 29.0. The monoisotopic (exact) mass is 241 g/mol. The molecule has 4 N–H and O–H groups in total. The van der Waals surface area contributed by atoms with E-state index in [2.05, 4.69) is 25.8 Å². The number of carboxylic acids is 1. The zero-order chi connectivity index (χ0) is 12.8. The van der Waals surface area contributed by atoms with Gasteiger partial charge in [-0.05, 0) is 6.92 Å². The number of carboxylic acid groups (broad SMARTS) is 1. The van der Waals surface area contributed by atoms with Gasteiger partial charge in [0, 0.05) is 0 Å². The molecule has 0 aromatic carbocycles. The maximum Gasteiger partial charge on any atom is 0.328 e. The highest BCUT2D eigenvalue weighted by atomic mass is 16.4. The first-order chi connectivity index (χ1) is 8.00. The molecule has 0 radical (unpaired) electrons. The molecule has 0 unspecified atom stereocenters. The Morgan fingerprint density at radius 2 is 2.12 bits per heavy atom. The molecular weight excluding hydrogens is 230 g/mol. The van der Waals surface area contributed by atoms with Crippen molar-refractivity contribution in [2.75, 3.05) is 5.32 Å². The Morgan fingerprint density at radius 3 is 2.59 bits per heavy atom. The maximum atomic E-state index is 11.3. The fourth-order valence-corrected chi connectivity index (χ4v) is 0.972. The molecule has 0 spiro atoms. The average molecular weight is 241 g/mol. The average Bonchev–Trinajstić information content (AvgIpc) is 2.26. The number of carbonyl (C=O) groups excluding carboxylic acids is 1. The predicted octanol–water partition coefficient (Wildman–Crippen LogP) is -1.17. The third kappa shape index (κ3) is 3.99. The van der Waals surface area contributed by atoms with E-state index in [1.165, 1.54) is 19.3 Å². The molecule has 1 rings (SSSR count). The number of rotatable bonds is 4. The molecule has 1 aromatic heterocycles. The number of aliphatic hydroxyl groups is 1. The first-order valence-electron chi connectivity index (χ1n) is 4.63. The molecular formula is C8H11N5O4.